The molecule has 1 atom stereocenters. The van der Waals surface area contributed by atoms with Crippen LogP contribution in [0, 0.1) is 11.8 Å². The fourth-order valence-corrected chi connectivity index (χ4v) is 5.30. The number of rotatable bonds is 6. The lowest BCUT2D eigenvalue weighted by atomic mass is 9.94. The van der Waals surface area contributed by atoms with Crippen LogP contribution in [0.25, 0.3) is 0 Å². The van der Waals surface area contributed by atoms with Crippen LogP contribution in [-0.4, -0.2) is 71.8 Å². The Hall–Kier alpha value is -1.10. The second kappa shape index (κ2) is 9.20. The van der Waals surface area contributed by atoms with E-state index in [0.29, 0.717) is 17.7 Å². The Morgan fingerprint density at radius 1 is 0.885 bits per heavy atom. The van der Waals surface area contributed by atoms with Gasteiger partial charge in [-0.1, -0.05) is 25.7 Å². The van der Waals surface area contributed by atoms with E-state index in [-0.39, 0.29) is 12.0 Å². The van der Waals surface area contributed by atoms with Gasteiger partial charge in [-0.3, -0.25) is 14.5 Å². The van der Waals surface area contributed by atoms with Crippen LogP contribution in [0.15, 0.2) is 0 Å². The van der Waals surface area contributed by atoms with Crippen LogP contribution >= 0.6 is 0 Å². The van der Waals surface area contributed by atoms with Gasteiger partial charge in [0.1, 0.15) is 0 Å². The van der Waals surface area contributed by atoms with E-state index in [1.165, 1.54) is 38.5 Å². The Kier molecular flexibility index (Phi) is 6.96. The monoisotopic (exact) mass is 363 g/mol. The maximum Gasteiger partial charge on any atom is 0.240 e. The zero-order chi connectivity index (χ0) is 18.5. The van der Waals surface area contributed by atoms with Gasteiger partial charge in [0.25, 0.3) is 0 Å². The quantitative estimate of drug-likeness (QED) is 0.729. The van der Waals surface area contributed by atoms with Gasteiger partial charge in [-0.2, -0.15) is 0 Å². The van der Waals surface area contributed by atoms with E-state index in [1.54, 1.807) is 0 Å². The molecule has 0 aromatic rings. The third kappa shape index (κ3) is 4.24. The first kappa shape index (κ1) is 19.7. The fraction of sp³-hybridized carbons (Fsp3) is 0.905. The molecule has 26 heavy (non-hydrogen) atoms. The van der Waals surface area contributed by atoms with E-state index >= 15 is 0 Å². The summed E-state index contributed by atoms with van der Waals surface area (Å²) >= 11 is 0. The van der Waals surface area contributed by atoms with Gasteiger partial charge in [-0.05, 0) is 45.4 Å². The highest BCUT2D eigenvalue weighted by Crippen LogP contribution is 2.32. The average Bonchev–Trinajstić information content (AvgIpc) is 3.37. The molecule has 1 unspecified atom stereocenters. The van der Waals surface area contributed by atoms with Crippen LogP contribution in [0.4, 0.5) is 0 Å². The van der Waals surface area contributed by atoms with Gasteiger partial charge in [0.2, 0.25) is 11.8 Å². The molecule has 0 N–H and O–H groups in total. The van der Waals surface area contributed by atoms with E-state index in [2.05, 4.69) is 23.6 Å². The highest BCUT2D eigenvalue weighted by molar-refractivity contribution is 5.82. The van der Waals surface area contributed by atoms with Crippen molar-refractivity contribution < 1.29 is 9.59 Å². The van der Waals surface area contributed by atoms with Crippen molar-refractivity contribution in [2.45, 2.75) is 71.3 Å². The summed E-state index contributed by atoms with van der Waals surface area (Å²) in [6.07, 6.45) is 9.43. The molecule has 1 saturated heterocycles. The van der Waals surface area contributed by atoms with Crippen LogP contribution in [0.1, 0.15) is 65.2 Å². The molecule has 0 aromatic heterocycles. The van der Waals surface area contributed by atoms with Crippen molar-refractivity contribution >= 4 is 11.8 Å². The van der Waals surface area contributed by atoms with E-state index < -0.39 is 0 Å². The lowest BCUT2D eigenvalue weighted by Crippen LogP contribution is -2.59. The molecule has 0 spiro atoms. The smallest absolute Gasteiger partial charge is 0.240 e. The van der Waals surface area contributed by atoms with Gasteiger partial charge in [0, 0.05) is 45.2 Å². The summed E-state index contributed by atoms with van der Waals surface area (Å²) in [5, 5.41) is 0. The molecule has 0 bridgehead atoms. The fourth-order valence-electron chi connectivity index (χ4n) is 5.30. The van der Waals surface area contributed by atoms with Crippen LogP contribution in [0.3, 0.4) is 0 Å². The van der Waals surface area contributed by atoms with Crippen molar-refractivity contribution in [3.05, 3.63) is 0 Å². The summed E-state index contributed by atoms with van der Waals surface area (Å²) in [7, 11) is 0. The molecule has 5 nitrogen and oxygen atoms in total. The SMILES string of the molecule is CCN(CC)C(=O)C(C1CCCC1)N1CCN(C(=O)C2CCCC2)CC1. The number of carbonyl (C=O) groups is 2. The third-order valence-electron chi connectivity index (χ3n) is 6.90. The maximum atomic E-state index is 13.2. The van der Waals surface area contributed by atoms with Crippen molar-refractivity contribution in [1.82, 2.24) is 14.7 Å². The number of hydrogen-bond acceptors (Lipinski definition) is 3. The maximum absolute atomic E-state index is 13.2. The summed E-state index contributed by atoms with van der Waals surface area (Å²) in [5.41, 5.74) is 0. The van der Waals surface area contributed by atoms with Gasteiger partial charge in [-0.25, -0.2) is 0 Å². The first-order valence-electron chi connectivity index (χ1n) is 11.0. The Labute approximate surface area is 159 Å². The number of piperazine rings is 1. The number of amides is 2. The summed E-state index contributed by atoms with van der Waals surface area (Å²) in [4.78, 5) is 32.4. The molecule has 1 aliphatic heterocycles. The molecule has 1 heterocycles. The normalized spacial score (nSPS) is 24.2. The third-order valence-corrected chi connectivity index (χ3v) is 6.90. The number of likely N-dealkylation sites (N-methyl/N-ethyl adjacent to an activating group) is 1. The van der Waals surface area contributed by atoms with Gasteiger partial charge in [0.05, 0.1) is 6.04 Å². The predicted molar refractivity (Wildman–Crippen MR) is 104 cm³/mol. The Balaban J connectivity index is 1.62. The van der Waals surface area contributed by atoms with E-state index in [0.717, 1.165) is 52.1 Å². The molecule has 0 aromatic carbocycles. The molecule has 3 rings (SSSR count). The highest BCUT2D eigenvalue weighted by atomic mass is 16.2. The second-order valence-corrected chi connectivity index (χ2v) is 8.34. The molecular weight excluding hydrogens is 326 g/mol. The highest BCUT2D eigenvalue weighted by Gasteiger charge is 2.39. The standard InChI is InChI=1S/C21H37N3O2/c1-3-22(4-2)21(26)19(17-9-5-6-10-17)23-13-15-24(16-14-23)20(25)18-11-7-8-12-18/h17-19H,3-16H2,1-2H3. The molecule has 148 valence electrons. The molecule has 2 saturated carbocycles. The van der Waals surface area contributed by atoms with Crippen molar-refractivity contribution in [2.75, 3.05) is 39.3 Å². The van der Waals surface area contributed by atoms with Crippen molar-refractivity contribution in [2.24, 2.45) is 11.8 Å². The van der Waals surface area contributed by atoms with Crippen LogP contribution < -0.4 is 0 Å². The first-order chi connectivity index (χ1) is 12.7. The molecule has 5 heteroatoms. The number of hydrogen-bond donors (Lipinski definition) is 0. The lowest BCUT2D eigenvalue weighted by molar-refractivity contribution is -0.142. The van der Waals surface area contributed by atoms with Crippen molar-refractivity contribution in [3.63, 3.8) is 0 Å². The summed E-state index contributed by atoms with van der Waals surface area (Å²) < 4.78 is 0. The number of carbonyl (C=O) groups excluding carboxylic acids is 2. The molecular formula is C21H37N3O2. The minimum Gasteiger partial charge on any atom is -0.342 e. The van der Waals surface area contributed by atoms with E-state index in [1.807, 2.05) is 4.90 Å². The lowest BCUT2D eigenvalue weighted by Gasteiger charge is -2.42. The van der Waals surface area contributed by atoms with Gasteiger partial charge >= 0.3 is 0 Å². The summed E-state index contributed by atoms with van der Waals surface area (Å²) in [6.45, 7) is 9.03. The van der Waals surface area contributed by atoms with Crippen LogP contribution in [0.2, 0.25) is 0 Å². The Morgan fingerprint density at radius 2 is 1.42 bits per heavy atom. The van der Waals surface area contributed by atoms with E-state index in [4.69, 9.17) is 0 Å². The molecule has 3 fully saturated rings. The Bertz CT molecular complexity index is 472. The topological polar surface area (TPSA) is 43.9 Å². The minimum absolute atomic E-state index is 0.0288. The molecule has 2 amide bonds. The molecule has 2 aliphatic carbocycles. The molecule has 0 radical (unpaired) electrons. The average molecular weight is 364 g/mol. The zero-order valence-electron chi connectivity index (χ0n) is 16.8. The Morgan fingerprint density at radius 3 is 1.96 bits per heavy atom. The summed E-state index contributed by atoms with van der Waals surface area (Å²) in [5.74, 6) is 1.46. The van der Waals surface area contributed by atoms with Gasteiger partial charge < -0.3 is 9.80 Å². The summed E-state index contributed by atoms with van der Waals surface area (Å²) in [6, 6.07) is 0.0288. The zero-order valence-corrected chi connectivity index (χ0v) is 16.8. The largest absolute Gasteiger partial charge is 0.342 e. The van der Waals surface area contributed by atoms with Crippen molar-refractivity contribution in [3.8, 4) is 0 Å². The second-order valence-electron chi connectivity index (χ2n) is 8.34. The number of nitrogens with zero attached hydrogens (tertiary/aromatic N) is 3. The minimum atomic E-state index is 0.0288. The molecule has 3 aliphatic rings. The van der Waals surface area contributed by atoms with Gasteiger partial charge in [-0.15, -0.1) is 0 Å². The first-order valence-corrected chi connectivity index (χ1v) is 11.0. The van der Waals surface area contributed by atoms with Crippen LogP contribution in [0.5, 0.6) is 0 Å². The van der Waals surface area contributed by atoms with E-state index in [9.17, 15) is 9.59 Å². The van der Waals surface area contributed by atoms with Gasteiger partial charge in [0.15, 0.2) is 0 Å². The van der Waals surface area contributed by atoms with Crippen LogP contribution in [-0.2, 0) is 9.59 Å². The predicted octanol–water partition coefficient (Wildman–Crippen LogP) is 2.75. The van der Waals surface area contributed by atoms with Crippen molar-refractivity contribution in [1.29, 1.82) is 0 Å².